The number of rotatable bonds is 4. The summed E-state index contributed by atoms with van der Waals surface area (Å²) in [5.41, 5.74) is 18.0. The van der Waals surface area contributed by atoms with Crippen molar-refractivity contribution in [3.8, 4) is 0 Å². The zero-order chi connectivity index (χ0) is 15.6. The highest BCUT2D eigenvalue weighted by atomic mass is 35.5. The lowest BCUT2D eigenvalue weighted by Gasteiger charge is -2.13. The maximum absolute atomic E-state index is 11.5. The summed E-state index contributed by atoms with van der Waals surface area (Å²) in [5, 5.41) is 3.24. The predicted molar refractivity (Wildman–Crippen MR) is 82.6 cm³/mol. The average Bonchev–Trinajstić information content (AvgIpc) is 2.41. The molecule has 2 aromatic carbocycles. The van der Waals surface area contributed by atoms with Crippen LogP contribution >= 0.6 is 11.6 Å². The zero-order valence-corrected chi connectivity index (χ0v) is 11.6. The summed E-state index contributed by atoms with van der Waals surface area (Å²) in [4.78, 5) is 22.5. The first-order chi connectivity index (χ1) is 9.88. The molecule has 6 nitrogen and oxygen atoms in total. The Balaban J connectivity index is 2.39. The number of halogens is 1. The van der Waals surface area contributed by atoms with Gasteiger partial charge in [0.2, 0.25) is 5.91 Å². The minimum Gasteiger partial charge on any atom is -0.399 e. The molecule has 21 heavy (non-hydrogen) atoms. The number of anilines is 3. The third kappa shape index (κ3) is 3.24. The quantitative estimate of drug-likeness (QED) is 0.643. The number of benzene rings is 2. The number of hydrogen-bond acceptors (Lipinski definition) is 4. The van der Waals surface area contributed by atoms with Crippen LogP contribution in [0.5, 0.6) is 0 Å². The molecule has 0 atom stereocenters. The Morgan fingerprint density at radius 2 is 1.62 bits per heavy atom. The lowest BCUT2D eigenvalue weighted by Crippen LogP contribution is -2.14. The Bertz CT molecular complexity index is 714. The van der Waals surface area contributed by atoms with Gasteiger partial charge >= 0.3 is 0 Å². The first-order valence-corrected chi connectivity index (χ1v) is 6.32. The van der Waals surface area contributed by atoms with Crippen molar-refractivity contribution in [1.29, 1.82) is 0 Å². The number of hydrogen-bond donors (Lipinski definition) is 4. The van der Waals surface area contributed by atoms with E-state index in [1.807, 2.05) is 0 Å². The van der Waals surface area contributed by atoms with Gasteiger partial charge in [0.15, 0.2) is 0 Å². The molecule has 0 heterocycles. The molecule has 2 rings (SSSR count). The number of nitrogens with one attached hydrogen (secondary N) is 1. The van der Waals surface area contributed by atoms with Crippen LogP contribution in [0, 0.1) is 0 Å². The van der Waals surface area contributed by atoms with Crippen LogP contribution in [0.2, 0.25) is 5.02 Å². The van der Waals surface area contributed by atoms with E-state index in [0.29, 0.717) is 22.6 Å². The molecule has 108 valence electrons. The fraction of sp³-hybridized carbons (Fsp3) is 0. The lowest BCUT2D eigenvalue weighted by molar-refractivity contribution is 0.0992. The molecule has 0 fully saturated rings. The Labute approximate surface area is 125 Å². The molecular formula is C14H13ClN4O2. The maximum atomic E-state index is 11.5. The van der Waals surface area contributed by atoms with E-state index in [4.69, 9.17) is 28.8 Å². The van der Waals surface area contributed by atoms with E-state index in [9.17, 15) is 9.59 Å². The predicted octanol–water partition coefficient (Wildman–Crippen LogP) is 1.86. The molecule has 0 unspecified atom stereocenters. The maximum Gasteiger partial charge on any atom is 0.250 e. The lowest BCUT2D eigenvalue weighted by atomic mass is 10.1. The van der Waals surface area contributed by atoms with Gasteiger partial charge in [-0.15, -0.1) is 0 Å². The molecule has 0 aliphatic rings. The van der Waals surface area contributed by atoms with Gasteiger partial charge in [0.05, 0.1) is 16.3 Å². The van der Waals surface area contributed by atoms with E-state index >= 15 is 0 Å². The fourth-order valence-electron chi connectivity index (χ4n) is 1.81. The molecule has 0 saturated carbocycles. The first kappa shape index (κ1) is 14.7. The van der Waals surface area contributed by atoms with E-state index in [1.165, 1.54) is 12.1 Å². The van der Waals surface area contributed by atoms with Crippen molar-refractivity contribution in [2.45, 2.75) is 0 Å². The second-order valence-corrected chi connectivity index (χ2v) is 4.76. The van der Waals surface area contributed by atoms with Gasteiger partial charge in [-0.3, -0.25) is 9.59 Å². The number of amides is 2. The first-order valence-electron chi connectivity index (χ1n) is 5.94. The zero-order valence-electron chi connectivity index (χ0n) is 10.9. The van der Waals surface area contributed by atoms with Crippen molar-refractivity contribution in [1.82, 2.24) is 0 Å². The highest BCUT2D eigenvalue weighted by molar-refractivity contribution is 6.34. The van der Waals surface area contributed by atoms with Crippen LogP contribution in [-0.4, -0.2) is 11.8 Å². The minimum atomic E-state index is -0.652. The smallest absolute Gasteiger partial charge is 0.250 e. The monoisotopic (exact) mass is 304 g/mol. The second kappa shape index (κ2) is 5.72. The fourth-order valence-corrected chi connectivity index (χ4v) is 2.09. The van der Waals surface area contributed by atoms with Gasteiger partial charge < -0.3 is 22.5 Å². The summed E-state index contributed by atoms with van der Waals surface area (Å²) in [6.07, 6.45) is 0. The molecule has 7 heteroatoms. The van der Waals surface area contributed by atoms with Gasteiger partial charge in [-0.25, -0.2) is 0 Å². The van der Waals surface area contributed by atoms with E-state index < -0.39 is 11.8 Å². The number of carbonyl (C=O) groups is 2. The standard InChI is InChI=1S/C14H13ClN4O2/c15-11-6-8(16)5-10(14(18)21)12(11)19-9-3-1-7(2-4-9)13(17)20/h1-6,19H,16H2,(H2,17,20)(H2,18,21). The molecular weight excluding hydrogens is 292 g/mol. The van der Waals surface area contributed by atoms with Crippen LogP contribution in [0.1, 0.15) is 20.7 Å². The van der Waals surface area contributed by atoms with Crippen molar-refractivity contribution in [2.75, 3.05) is 11.1 Å². The van der Waals surface area contributed by atoms with Crippen molar-refractivity contribution in [3.63, 3.8) is 0 Å². The second-order valence-electron chi connectivity index (χ2n) is 4.36. The summed E-state index contributed by atoms with van der Waals surface area (Å²) in [5.74, 6) is -1.18. The highest BCUT2D eigenvalue weighted by Gasteiger charge is 2.13. The highest BCUT2D eigenvalue weighted by Crippen LogP contribution is 2.31. The van der Waals surface area contributed by atoms with Crippen molar-refractivity contribution in [2.24, 2.45) is 11.5 Å². The minimum absolute atomic E-state index is 0.180. The number of nitrogens with two attached hydrogens (primary N) is 3. The number of carbonyl (C=O) groups excluding carboxylic acids is 2. The Hall–Kier alpha value is -2.73. The summed E-state index contributed by atoms with van der Waals surface area (Å²) in [7, 11) is 0. The van der Waals surface area contributed by atoms with Crippen LogP contribution in [0.15, 0.2) is 36.4 Å². The summed E-state index contributed by atoms with van der Waals surface area (Å²) < 4.78 is 0. The summed E-state index contributed by atoms with van der Waals surface area (Å²) >= 11 is 6.09. The molecule has 0 spiro atoms. The van der Waals surface area contributed by atoms with E-state index in [1.54, 1.807) is 24.3 Å². The summed E-state index contributed by atoms with van der Waals surface area (Å²) in [6.45, 7) is 0. The van der Waals surface area contributed by atoms with Gasteiger partial charge in [0, 0.05) is 16.9 Å². The Kier molecular flexibility index (Phi) is 4.00. The molecule has 0 aliphatic heterocycles. The molecule has 0 aromatic heterocycles. The van der Waals surface area contributed by atoms with Crippen LogP contribution in [-0.2, 0) is 0 Å². The molecule has 7 N–H and O–H groups in total. The Morgan fingerprint density at radius 3 is 2.14 bits per heavy atom. The van der Waals surface area contributed by atoms with Crippen LogP contribution in [0.3, 0.4) is 0 Å². The molecule has 0 aliphatic carbocycles. The number of primary amides is 2. The average molecular weight is 305 g/mol. The Morgan fingerprint density at radius 1 is 1.00 bits per heavy atom. The molecule has 0 radical (unpaired) electrons. The van der Waals surface area contributed by atoms with Gasteiger partial charge in [0.1, 0.15) is 0 Å². The SMILES string of the molecule is NC(=O)c1ccc(Nc2c(Cl)cc(N)cc2C(N)=O)cc1. The van der Waals surface area contributed by atoms with Gasteiger partial charge in [-0.1, -0.05) is 11.6 Å². The molecule has 2 aromatic rings. The van der Waals surface area contributed by atoms with E-state index in [0.717, 1.165) is 0 Å². The van der Waals surface area contributed by atoms with Gasteiger partial charge in [-0.2, -0.15) is 0 Å². The topological polar surface area (TPSA) is 124 Å². The third-order valence-corrected chi connectivity index (χ3v) is 3.11. The normalized spacial score (nSPS) is 10.1. The van der Waals surface area contributed by atoms with Crippen molar-refractivity contribution >= 4 is 40.5 Å². The van der Waals surface area contributed by atoms with E-state index in [2.05, 4.69) is 5.32 Å². The van der Waals surface area contributed by atoms with Crippen molar-refractivity contribution < 1.29 is 9.59 Å². The largest absolute Gasteiger partial charge is 0.399 e. The van der Waals surface area contributed by atoms with Crippen molar-refractivity contribution in [3.05, 3.63) is 52.5 Å². The number of nitrogen functional groups attached to an aromatic ring is 1. The van der Waals surface area contributed by atoms with E-state index in [-0.39, 0.29) is 10.6 Å². The van der Waals surface area contributed by atoms with Gasteiger partial charge in [0.25, 0.3) is 5.91 Å². The van der Waals surface area contributed by atoms with Crippen LogP contribution < -0.4 is 22.5 Å². The van der Waals surface area contributed by atoms with Crippen LogP contribution in [0.4, 0.5) is 17.1 Å². The molecule has 0 saturated heterocycles. The molecule has 2 amide bonds. The third-order valence-electron chi connectivity index (χ3n) is 2.82. The van der Waals surface area contributed by atoms with Gasteiger partial charge in [-0.05, 0) is 36.4 Å². The summed E-state index contributed by atoms with van der Waals surface area (Å²) in [6, 6.07) is 9.33. The molecule has 0 bridgehead atoms. The van der Waals surface area contributed by atoms with Crippen LogP contribution in [0.25, 0.3) is 0 Å².